The molecule has 30 heavy (non-hydrogen) atoms. The topological polar surface area (TPSA) is 81.7 Å². The van der Waals surface area contributed by atoms with E-state index >= 15 is 0 Å². The molecule has 6 heteroatoms. The summed E-state index contributed by atoms with van der Waals surface area (Å²) in [6, 6.07) is 6.38. The normalized spacial score (nSPS) is 24.1. The van der Waals surface area contributed by atoms with Gasteiger partial charge >= 0.3 is 0 Å². The molecule has 2 aliphatic carbocycles. The van der Waals surface area contributed by atoms with Crippen LogP contribution in [-0.4, -0.2) is 7.11 Å². The van der Waals surface area contributed by atoms with Crippen LogP contribution in [0.3, 0.4) is 0 Å². The van der Waals surface area contributed by atoms with Crippen molar-refractivity contribution in [1.82, 2.24) is 0 Å². The van der Waals surface area contributed by atoms with Crippen LogP contribution in [0.2, 0.25) is 0 Å². The molecule has 3 rings (SSSR count). The minimum absolute atomic E-state index is 0.0169. The Kier molecular flexibility index (Phi) is 6.77. The highest BCUT2D eigenvalue weighted by molar-refractivity contribution is 7.43. The van der Waals surface area contributed by atoms with Gasteiger partial charge < -0.3 is 23.6 Å². The number of phosphoric acid groups is 1. The molecule has 154 valence electrons. The predicted molar refractivity (Wildman–Crippen MR) is 111 cm³/mol. The van der Waals surface area contributed by atoms with Crippen LogP contribution in [0.1, 0.15) is 31.7 Å². The molecule has 0 spiro atoms. The predicted octanol–water partition coefficient (Wildman–Crippen LogP) is 2.88. The average molecular weight is 420 g/mol. The van der Waals surface area contributed by atoms with E-state index in [0.29, 0.717) is 11.3 Å². The zero-order chi connectivity index (χ0) is 21.7. The minimum atomic E-state index is -5.15. The maximum Gasteiger partial charge on any atom is 0.126 e. The third-order valence-corrected chi connectivity index (χ3v) is 5.86. The Morgan fingerprint density at radius 2 is 2.03 bits per heavy atom. The van der Waals surface area contributed by atoms with Crippen molar-refractivity contribution < 1.29 is 23.6 Å². The molecule has 3 atom stereocenters. The van der Waals surface area contributed by atoms with Crippen molar-refractivity contribution in [3.8, 4) is 41.8 Å². The summed E-state index contributed by atoms with van der Waals surface area (Å²) in [6.45, 7) is 2.09. The van der Waals surface area contributed by atoms with Crippen molar-refractivity contribution in [3.63, 3.8) is 0 Å². The standard InChI is InChI=1S/C24H23O5P/c1-4-5-6-7-10-18-15-17(2)21-13-9-14-22(18)23(21)24(28-3)19-11-8-12-20(16-19)29-30(25,26)27/h1,8,11-12,15-16,18,21-22H,9,13-14H2,2-3H3,(H2,25,26,27)/p-2/b24-23-. The first-order valence-electron chi connectivity index (χ1n) is 9.58. The van der Waals surface area contributed by atoms with Gasteiger partial charge in [0.1, 0.15) is 19.3 Å². The second-order valence-electron chi connectivity index (χ2n) is 7.25. The van der Waals surface area contributed by atoms with E-state index in [1.54, 1.807) is 13.2 Å². The number of hydrogen-bond acceptors (Lipinski definition) is 5. The summed E-state index contributed by atoms with van der Waals surface area (Å²) in [6.07, 6.45) is 10.4. The third-order valence-electron chi connectivity index (χ3n) is 5.42. The Labute approximate surface area is 177 Å². The Hall–Kier alpha value is -2.87. The molecule has 0 amide bonds. The van der Waals surface area contributed by atoms with Crippen LogP contribution < -0.4 is 14.3 Å². The average Bonchev–Trinajstić information content (AvgIpc) is 2.69. The molecule has 1 saturated carbocycles. The first kappa shape index (κ1) is 21.8. The lowest BCUT2D eigenvalue weighted by Gasteiger charge is -2.41. The van der Waals surface area contributed by atoms with E-state index in [1.807, 2.05) is 6.07 Å². The molecule has 2 aliphatic rings. The van der Waals surface area contributed by atoms with E-state index in [0.717, 1.165) is 24.8 Å². The Morgan fingerprint density at radius 3 is 2.73 bits per heavy atom. The fourth-order valence-electron chi connectivity index (χ4n) is 4.35. The fraction of sp³-hybridized carbons (Fsp3) is 0.333. The van der Waals surface area contributed by atoms with Gasteiger partial charge in [0.2, 0.25) is 0 Å². The number of allylic oxidation sites excluding steroid dienone is 3. The zero-order valence-corrected chi connectivity index (χ0v) is 17.7. The number of fused-ring (bicyclic) bond motifs is 2. The van der Waals surface area contributed by atoms with Crippen LogP contribution in [0.15, 0.2) is 41.5 Å². The summed E-state index contributed by atoms with van der Waals surface area (Å²) < 4.78 is 21.4. The molecule has 0 saturated heterocycles. The quantitative estimate of drug-likeness (QED) is 0.324. The van der Waals surface area contributed by atoms with Gasteiger partial charge in [0, 0.05) is 23.3 Å². The van der Waals surface area contributed by atoms with E-state index in [9.17, 15) is 14.4 Å². The summed E-state index contributed by atoms with van der Waals surface area (Å²) in [7, 11) is -3.56. The van der Waals surface area contributed by atoms with Crippen LogP contribution in [0.5, 0.6) is 5.75 Å². The van der Waals surface area contributed by atoms with E-state index in [2.05, 4.69) is 47.1 Å². The number of benzene rings is 1. The molecule has 3 unspecified atom stereocenters. The van der Waals surface area contributed by atoms with Gasteiger partial charge in [-0.1, -0.05) is 36.1 Å². The molecule has 1 fully saturated rings. The van der Waals surface area contributed by atoms with Crippen LogP contribution in [0, 0.1) is 53.8 Å². The zero-order valence-electron chi connectivity index (χ0n) is 16.8. The van der Waals surface area contributed by atoms with Gasteiger partial charge in [-0.2, -0.15) is 0 Å². The number of terminal acetylenes is 1. The highest BCUT2D eigenvalue weighted by Crippen LogP contribution is 2.49. The lowest BCUT2D eigenvalue weighted by Crippen LogP contribution is -2.31. The van der Waals surface area contributed by atoms with Crippen LogP contribution in [0.4, 0.5) is 0 Å². The molecule has 0 radical (unpaired) electrons. The molecule has 5 nitrogen and oxygen atoms in total. The Bertz CT molecular complexity index is 1090. The molecule has 0 aliphatic heterocycles. The Balaban J connectivity index is 2.09. The maximum absolute atomic E-state index is 11.0. The van der Waals surface area contributed by atoms with Gasteiger partial charge in [0.25, 0.3) is 0 Å². The summed E-state index contributed by atoms with van der Waals surface area (Å²) in [5.74, 6) is 14.5. The van der Waals surface area contributed by atoms with E-state index in [1.165, 1.54) is 17.7 Å². The molecule has 0 aromatic heterocycles. The summed E-state index contributed by atoms with van der Waals surface area (Å²) >= 11 is 0. The Morgan fingerprint density at radius 1 is 1.23 bits per heavy atom. The maximum atomic E-state index is 11.0. The van der Waals surface area contributed by atoms with Crippen LogP contribution >= 0.6 is 7.82 Å². The number of rotatable bonds is 4. The van der Waals surface area contributed by atoms with Gasteiger partial charge in [-0.3, -0.25) is 0 Å². The van der Waals surface area contributed by atoms with Crippen molar-refractivity contribution in [2.75, 3.05) is 7.11 Å². The van der Waals surface area contributed by atoms with Crippen molar-refractivity contribution in [2.24, 2.45) is 17.8 Å². The van der Waals surface area contributed by atoms with Crippen molar-refractivity contribution in [3.05, 3.63) is 47.1 Å². The number of hydrogen-bond donors (Lipinski definition) is 0. The van der Waals surface area contributed by atoms with Crippen molar-refractivity contribution in [1.29, 1.82) is 0 Å². The van der Waals surface area contributed by atoms with Crippen LogP contribution in [-0.2, 0) is 9.30 Å². The second kappa shape index (κ2) is 9.30. The number of phosphoric ester groups is 1. The minimum Gasteiger partial charge on any atom is -0.780 e. The highest BCUT2D eigenvalue weighted by Gasteiger charge is 2.39. The summed E-state index contributed by atoms with van der Waals surface area (Å²) in [5, 5.41) is 0. The second-order valence-corrected chi connectivity index (χ2v) is 8.32. The lowest BCUT2D eigenvalue weighted by atomic mass is 9.64. The van der Waals surface area contributed by atoms with Gasteiger partial charge in [-0.05, 0) is 61.2 Å². The van der Waals surface area contributed by atoms with Gasteiger partial charge in [-0.15, -0.1) is 6.42 Å². The first-order valence-corrected chi connectivity index (χ1v) is 11.0. The van der Waals surface area contributed by atoms with Gasteiger partial charge in [0.05, 0.1) is 7.11 Å². The largest absolute Gasteiger partial charge is 0.780 e. The molecule has 0 N–H and O–H groups in total. The third kappa shape index (κ3) is 4.99. The van der Waals surface area contributed by atoms with Gasteiger partial charge in [0.15, 0.2) is 0 Å². The monoisotopic (exact) mass is 420 g/mol. The fourth-order valence-corrected chi connectivity index (χ4v) is 4.73. The molecule has 0 heterocycles. The molecule has 1 aromatic carbocycles. The lowest BCUT2D eigenvalue weighted by molar-refractivity contribution is -0.333. The van der Waals surface area contributed by atoms with Crippen molar-refractivity contribution >= 4 is 13.6 Å². The van der Waals surface area contributed by atoms with Gasteiger partial charge in [-0.25, -0.2) is 0 Å². The molecule has 2 bridgehead atoms. The number of methoxy groups -OCH3 is 1. The molecule has 1 aromatic rings. The van der Waals surface area contributed by atoms with E-state index in [4.69, 9.17) is 11.2 Å². The van der Waals surface area contributed by atoms with Crippen LogP contribution in [0.25, 0.3) is 5.76 Å². The molecular weight excluding hydrogens is 399 g/mol. The number of ether oxygens (including phenoxy) is 1. The summed E-state index contributed by atoms with van der Waals surface area (Å²) in [4.78, 5) is 22.0. The van der Waals surface area contributed by atoms with Crippen molar-refractivity contribution in [2.45, 2.75) is 26.2 Å². The first-order chi connectivity index (χ1) is 14.3. The van der Waals surface area contributed by atoms with E-state index in [-0.39, 0.29) is 23.5 Å². The SMILES string of the molecule is C#CC#CC#CC1C=C(C)C2CCCC1/C2=C(\OC)c1cccc(OP(=O)([O-])[O-])c1. The summed E-state index contributed by atoms with van der Waals surface area (Å²) in [5.41, 5.74) is 3.01. The highest BCUT2D eigenvalue weighted by atomic mass is 31.2. The molecular formula is C24H21O5P-2. The smallest absolute Gasteiger partial charge is 0.126 e. The van der Waals surface area contributed by atoms with E-state index < -0.39 is 7.82 Å².